The number of nitrogens with zero attached hydrogens (tertiary/aromatic N) is 4. The number of hydrogen-bond acceptors (Lipinski definition) is 7. The number of thiazole rings is 1. The van der Waals surface area contributed by atoms with Crippen molar-refractivity contribution in [3.63, 3.8) is 0 Å². The summed E-state index contributed by atoms with van der Waals surface area (Å²) in [5.41, 5.74) is 3.52. The summed E-state index contributed by atoms with van der Waals surface area (Å²) >= 11 is 2.92. The average Bonchev–Trinajstić information content (AvgIpc) is 3.70. The largest absolute Gasteiger partial charge is 0.351 e. The molecule has 0 amide bonds. The second kappa shape index (κ2) is 10.8. The van der Waals surface area contributed by atoms with Gasteiger partial charge in [-0.15, -0.1) is 22.7 Å². The van der Waals surface area contributed by atoms with Crippen molar-refractivity contribution in [2.75, 3.05) is 17.4 Å². The van der Waals surface area contributed by atoms with Crippen LogP contribution < -0.4 is 4.31 Å². The molecule has 4 aromatic heterocycles. The molecule has 1 aliphatic heterocycles. The minimum absolute atomic E-state index is 0.250. The first-order valence-corrected chi connectivity index (χ1v) is 16.3. The monoisotopic (exact) mass is 577 g/mol. The zero-order valence-corrected chi connectivity index (χ0v) is 24.4. The average molecular weight is 578 g/mol. The van der Waals surface area contributed by atoms with E-state index in [0.717, 1.165) is 41.2 Å². The molecule has 1 saturated heterocycles. The van der Waals surface area contributed by atoms with Crippen LogP contribution in [-0.4, -0.2) is 47.4 Å². The van der Waals surface area contributed by atoms with Crippen LogP contribution >= 0.6 is 22.7 Å². The Bertz CT molecular complexity index is 1660. The first kappa shape index (κ1) is 26.2. The second-order valence-electron chi connectivity index (χ2n) is 10.2. The Labute approximate surface area is 237 Å². The highest BCUT2D eigenvalue weighted by atomic mass is 32.2. The lowest BCUT2D eigenvalue weighted by Crippen LogP contribution is -2.36. The zero-order valence-electron chi connectivity index (χ0n) is 21.9. The number of fused-ring (bicyclic) bond motifs is 1. The number of pyridine rings is 1. The second-order valence-corrected chi connectivity index (χ2v) is 14.3. The van der Waals surface area contributed by atoms with Crippen LogP contribution in [0.3, 0.4) is 0 Å². The van der Waals surface area contributed by atoms with Crippen molar-refractivity contribution in [2.45, 2.75) is 49.4 Å². The smallest absolute Gasteiger partial charge is 0.274 e. The van der Waals surface area contributed by atoms with Gasteiger partial charge in [0.25, 0.3) is 10.0 Å². The standard InChI is InChI=1S/C29H31N5O2S3/c1-20(2)34(39(35,36)27-12-7-15-37-27)26-11-5-8-21-16-25(32-28(21)26)29-31-17-23(38-29)19-33-14-6-9-22(18-33)24-10-3-4-13-30-24/h3-5,7-8,10-13,15-17,20,22,32H,6,9,14,18-19H2,1-2H3. The minimum atomic E-state index is -3.68. The van der Waals surface area contributed by atoms with Crippen LogP contribution in [0.2, 0.25) is 0 Å². The minimum Gasteiger partial charge on any atom is -0.351 e. The number of rotatable bonds is 8. The molecule has 0 radical (unpaired) electrons. The number of aromatic amines is 1. The maximum atomic E-state index is 13.6. The van der Waals surface area contributed by atoms with E-state index in [0.29, 0.717) is 15.8 Å². The molecule has 1 unspecified atom stereocenters. The van der Waals surface area contributed by atoms with E-state index in [9.17, 15) is 8.42 Å². The van der Waals surface area contributed by atoms with Gasteiger partial charge in [0.1, 0.15) is 9.22 Å². The van der Waals surface area contributed by atoms with Gasteiger partial charge in [0.05, 0.1) is 16.9 Å². The summed E-state index contributed by atoms with van der Waals surface area (Å²) in [5, 5.41) is 3.66. The molecule has 1 aromatic carbocycles. The van der Waals surface area contributed by atoms with Gasteiger partial charge in [0.15, 0.2) is 0 Å². The molecule has 39 heavy (non-hydrogen) atoms. The highest BCUT2D eigenvalue weighted by Gasteiger charge is 2.30. The van der Waals surface area contributed by atoms with E-state index in [4.69, 9.17) is 4.98 Å². The predicted octanol–water partition coefficient (Wildman–Crippen LogP) is 6.73. The number of H-pyrrole nitrogens is 1. The van der Waals surface area contributed by atoms with E-state index in [1.165, 1.54) is 39.1 Å². The Morgan fingerprint density at radius 2 is 2.03 bits per heavy atom. The number of benzene rings is 1. The molecule has 0 spiro atoms. The molecule has 6 rings (SSSR count). The summed E-state index contributed by atoms with van der Waals surface area (Å²) in [6, 6.07) is 17.2. The van der Waals surface area contributed by atoms with Crippen LogP contribution in [0.1, 0.15) is 43.2 Å². The van der Waals surface area contributed by atoms with Crippen LogP contribution in [0.5, 0.6) is 0 Å². The van der Waals surface area contributed by atoms with E-state index in [-0.39, 0.29) is 6.04 Å². The fourth-order valence-corrected chi connectivity index (χ4v) is 9.09. The molecule has 1 atom stereocenters. The van der Waals surface area contributed by atoms with Gasteiger partial charge < -0.3 is 4.98 Å². The third-order valence-electron chi connectivity index (χ3n) is 7.12. The van der Waals surface area contributed by atoms with Crippen LogP contribution in [-0.2, 0) is 16.6 Å². The maximum Gasteiger partial charge on any atom is 0.274 e. The first-order chi connectivity index (χ1) is 18.9. The van der Waals surface area contributed by atoms with Crippen molar-refractivity contribution in [1.29, 1.82) is 0 Å². The molecule has 1 N–H and O–H groups in total. The summed E-state index contributed by atoms with van der Waals surface area (Å²) in [6.45, 7) is 6.76. The van der Waals surface area contributed by atoms with Crippen LogP contribution in [0, 0.1) is 0 Å². The van der Waals surface area contributed by atoms with Gasteiger partial charge in [-0.25, -0.2) is 13.4 Å². The predicted molar refractivity (Wildman–Crippen MR) is 160 cm³/mol. The lowest BCUT2D eigenvalue weighted by Gasteiger charge is -2.32. The van der Waals surface area contributed by atoms with Gasteiger partial charge in [-0.2, -0.15) is 0 Å². The molecule has 1 aliphatic rings. The first-order valence-electron chi connectivity index (χ1n) is 13.2. The third-order valence-corrected chi connectivity index (χ3v) is 11.5. The van der Waals surface area contributed by atoms with Crippen molar-refractivity contribution < 1.29 is 8.42 Å². The van der Waals surface area contributed by atoms with Gasteiger partial charge >= 0.3 is 0 Å². The van der Waals surface area contributed by atoms with Gasteiger partial charge in [-0.1, -0.05) is 24.3 Å². The molecule has 7 nitrogen and oxygen atoms in total. The third kappa shape index (κ3) is 5.26. The van der Waals surface area contributed by atoms with Gasteiger partial charge in [-0.3, -0.25) is 14.2 Å². The number of aromatic nitrogens is 3. The fourth-order valence-electron chi connectivity index (χ4n) is 5.41. The molecule has 202 valence electrons. The molecule has 0 aliphatic carbocycles. The Morgan fingerprint density at radius 3 is 2.79 bits per heavy atom. The summed E-state index contributed by atoms with van der Waals surface area (Å²) in [7, 11) is -3.68. The molecule has 5 aromatic rings. The van der Waals surface area contributed by atoms with Crippen LogP contribution in [0.4, 0.5) is 5.69 Å². The van der Waals surface area contributed by atoms with E-state index in [2.05, 4.69) is 33.1 Å². The Morgan fingerprint density at radius 1 is 1.13 bits per heavy atom. The number of piperidine rings is 1. The van der Waals surface area contributed by atoms with Crippen LogP contribution in [0.25, 0.3) is 21.6 Å². The Hall–Kier alpha value is -3.05. The maximum absolute atomic E-state index is 13.6. The zero-order chi connectivity index (χ0) is 27.0. The van der Waals surface area contributed by atoms with Crippen molar-refractivity contribution in [3.8, 4) is 10.7 Å². The van der Waals surface area contributed by atoms with Crippen LogP contribution in [0.15, 0.2) is 76.6 Å². The number of nitrogens with one attached hydrogen (secondary N) is 1. The van der Waals surface area contributed by atoms with Gasteiger partial charge in [0.2, 0.25) is 0 Å². The molecule has 5 heterocycles. The molecule has 0 bridgehead atoms. The number of anilines is 1. The lowest BCUT2D eigenvalue weighted by atomic mass is 9.94. The number of sulfonamides is 1. The quantitative estimate of drug-likeness (QED) is 0.221. The van der Waals surface area contributed by atoms with Gasteiger partial charge in [-0.05, 0) is 68.9 Å². The van der Waals surface area contributed by atoms with E-state index >= 15 is 0 Å². The molecular formula is C29H31N5O2S3. The Kier molecular flexibility index (Phi) is 7.28. The molecule has 0 saturated carbocycles. The summed E-state index contributed by atoms with van der Waals surface area (Å²) in [5.74, 6) is 0.467. The summed E-state index contributed by atoms with van der Waals surface area (Å²) in [6.07, 6.45) is 6.19. The highest BCUT2D eigenvalue weighted by molar-refractivity contribution is 7.94. The lowest BCUT2D eigenvalue weighted by molar-refractivity contribution is 0.200. The molecular weight excluding hydrogens is 547 g/mol. The van der Waals surface area contributed by atoms with Crippen molar-refractivity contribution in [3.05, 3.63) is 82.9 Å². The summed E-state index contributed by atoms with van der Waals surface area (Å²) < 4.78 is 29.0. The normalized spacial score (nSPS) is 16.7. The number of thiophene rings is 1. The number of hydrogen-bond donors (Lipinski definition) is 1. The van der Waals surface area contributed by atoms with E-state index in [1.807, 2.05) is 50.5 Å². The number of likely N-dealkylation sites (tertiary alicyclic amines) is 1. The van der Waals surface area contributed by atoms with Crippen molar-refractivity contribution >= 4 is 49.3 Å². The SMILES string of the molecule is CC(C)N(c1cccc2cc(-c3ncc(CN4CCCC(c5ccccn5)C4)s3)[nH]c12)S(=O)(=O)c1cccs1. The van der Waals surface area contributed by atoms with Crippen molar-refractivity contribution in [2.24, 2.45) is 0 Å². The fraction of sp³-hybridized carbons (Fsp3) is 0.310. The molecule has 1 fully saturated rings. The molecule has 10 heteroatoms. The summed E-state index contributed by atoms with van der Waals surface area (Å²) in [4.78, 5) is 16.5. The number of para-hydroxylation sites is 1. The highest BCUT2D eigenvalue weighted by Crippen LogP contribution is 2.37. The topological polar surface area (TPSA) is 82.2 Å². The van der Waals surface area contributed by atoms with Crippen molar-refractivity contribution in [1.82, 2.24) is 19.9 Å². The van der Waals surface area contributed by atoms with E-state index < -0.39 is 10.0 Å². The van der Waals surface area contributed by atoms with E-state index in [1.54, 1.807) is 28.8 Å². The van der Waals surface area contributed by atoms with Gasteiger partial charge in [0, 0.05) is 53.4 Å². The Balaban J connectivity index is 1.25.